The molecule has 4 nitrogen and oxygen atoms in total. The summed E-state index contributed by atoms with van der Waals surface area (Å²) >= 11 is 0. The van der Waals surface area contributed by atoms with E-state index in [9.17, 15) is 4.79 Å². The average Bonchev–Trinajstić information content (AvgIpc) is 3.07. The normalized spacial score (nSPS) is 18.5. The Labute approximate surface area is 189 Å². The van der Waals surface area contributed by atoms with E-state index in [0.29, 0.717) is 5.56 Å². The van der Waals surface area contributed by atoms with Crippen molar-refractivity contribution in [2.75, 3.05) is 18.0 Å². The first-order valence-corrected chi connectivity index (χ1v) is 11.3. The van der Waals surface area contributed by atoms with Crippen molar-refractivity contribution in [3.63, 3.8) is 0 Å². The second-order valence-corrected chi connectivity index (χ2v) is 9.53. The number of hydrogen-bond donors (Lipinski definition) is 0. The molecule has 0 aliphatic carbocycles. The van der Waals surface area contributed by atoms with Crippen LogP contribution in [0.3, 0.4) is 0 Å². The van der Waals surface area contributed by atoms with Crippen LogP contribution >= 0.6 is 0 Å². The fourth-order valence-corrected chi connectivity index (χ4v) is 4.92. The van der Waals surface area contributed by atoms with E-state index in [4.69, 9.17) is 9.47 Å². The Balaban J connectivity index is 1.79. The van der Waals surface area contributed by atoms with E-state index < -0.39 is 5.60 Å². The molecule has 4 heteroatoms. The molecule has 1 atom stereocenters. The Morgan fingerprint density at radius 3 is 2.19 bits per heavy atom. The van der Waals surface area contributed by atoms with E-state index >= 15 is 0 Å². The van der Waals surface area contributed by atoms with Crippen LogP contribution in [0.1, 0.15) is 67.2 Å². The van der Waals surface area contributed by atoms with Crippen LogP contribution in [0.2, 0.25) is 0 Å². The molecule has 0 fully saturated rings. The topological polar surface area (TPSA) is 38.8 Å². The third-order valence-corrected chi connectivity index (χ3v) is 6.69. The van der Waals surface area contributed by atoms with Crippen molar-refractivity contribution >= 4 is 11.7 Å². The van der Waals surface area contributed by atoms with E-state index in [0.717, 1.165) is 47.0 Å². The maximum Gasteiger partial charge on any atom is 0.340 e. The van der Waals surface area contributed by atoms with Gasteiger partial charge in [-0.25, -0.2) is 4.79 Å². The molecule has 2 heterocycles. The number of esters is 1. The molecule has 0 bridgehead atoms. The van der Waals surface area contributed by atoms with E-state index in [1.807, 2.05) is 24.3 Å². The van der Waals surface area contributed by atoms with Crippen molar-refractivity contribution < 1.29 is 14.3 Å². The molecule has 0 saturated heterocycles. The minimum atomic E-state index is -1.01. The number of hydrogen-bond acceptors (Lipinski definition) is 4. The molecular weight excluding hydrogens is 398 g/mol. The van der Waals surface area contributed by atoms with Crippen LogP contribution in [0.15, 0.2) is 60.7 Å². The van der Waals surface area contributed by atoms with Crippen molar-refractivity contribution in [2.45, 2.75) is 45.6 Å². The summed E-state index contributed by atoms with van der Waals surface area (Å²) in [5.41, 5.74) is 4.45. The van der Waals surface area contributed by atoms with Crippen LogP contribution in [-0.4, -0.2) is 19.1 Å². The van der Waals surface area contributed by atoms with Gasteiger partial charge < -0.3 is 14.4 Å². The van der Waals surface area contributed by atoms with Crippen LogP contribution in [0, 0.1) is 0 Å². The molecule has 0 N–H and O–H groups in total. The summed E-state index contributed by atoms with van der Waals surface area (Å²) in [7, 11) is 0. The molecule has 1 unspecified atom stereocenters. The average molecular weight is 428 g/mol. The molecule has 2 aliphatic rings. The Kier molecular flexibility index (Phi) is 4.59. The first kappa shape index (κ1) is 20.6. The summed E-state index contributed by atoms with van der Waals surface area (Å²) in [6.45, 7) is 12.7. The van der Waals surface area contributed by atoms with Crippen LogP contribution in [-0.2, 0) is 15.8 Å². The van der Waals surface area contributed by atoms with Gasteiger partial charge in [-0.3, -0.25) is 0 Å². The Bertz CT molecular complexity index is 1220. The molecule has 164 valence electrons. The number of carbonyl (C=O) groups is 1. The summed E-state index contributed by atoms with van der Waals surface area (Å²) in [4.78, 5) is 15.3. The highest BCUT2D eigenvalue weighted by molar-refractivity contribution is 5.97. The van der Waals surface area contributed by atoms with Gasteiger partial charge in [-0.2, -0.15) is 0 Å². The molecule has 2 aliphatic heterocycles. The molecular formula is C28H29NO3. The number of carbonyl (C=O) groups excluding carboxylic acids is 1. The largest absolute Gasteiger partial charge is 0.456 e. The van der Waals surface area contributed by atoms with Crippen molar-refractivity contribution in [1.29, 1.82) is 0 Å². The van der Waals surface area contributed by atoms with Gasteiger partial charge in [0, 0.05) is 41.5 Å². The lowest BCUT2D eigenvalue weighted by Gasteiger charge is -2.38. The highest BCUT2D eigenvalue weighted by Crippen LogP contribution is 2.56. The van der Waals surface area contributed by atoms with Gasteiger partial charge in [0.05, 0.1) is 5.56 Å². The lowest BCUT2D eigenvalue weighted by molar-refractivity contribution is 0.0224. The fourth-order valence-electron chi connectivity index (χ4n) is 4.92. The predicted molar refractivity (Wildman–Crippen MR) is 127 cm³/mol. The first-order valence-electron chi connectivity index (χ1n) is 11.3. The van der Waals surface area contributed by atoms with E-state index in [2.05, 4.69) is 75.9 Å². The summed E-state index contributed by atoms with van der Waals surface area (Å²) in [6, 6.07) is 20.2. The van der Waals surface area contributed by atoms with Crippen molar-refractivity contribution in [3.05, 3.63) is 88.5 Å². The summed E-state index contributed by atoms with van der Waals surface area (Å²) in [5, 5.41) is 0. The number of benzene rings is 3. The van der Waals surface area contributed by atoms with E-state index in [-0.39, 0.29) is 11.4 Å². The number of ether oxygens (including phenoxy) is 2. The van der Waals surface area contributed by atoms with Gasteiger partial charge >= 0.3 is 5.97 Å². The summed E-state index contributed by atoms with van der Waals surface area (Å²) < 4.78 is 12.8. The molecule has 3 aromatic rings. The number of fused-ring (bicyclic) bond motifs is 6. The minimum Gasteiger partial charge on any atom is -0.456 e. The predicted octanol–water partition coefficient (Wildman–Crippen LogP) is 6.40. The van der Waals surface area contributed by atoms with Crippen LogP contribution in [0.4, 0.5) is 5.69 Å². The highest BCUT2D eigenvalue weighted by atomic mass is 16.6. The van der Waals surface area contributed by atoms with E-state index in [1.165, 1.54) is 5.56 Å². The Morgan fingerprint density at radius 2 is 1.50 bits per heavy atom. The highest BCUT2D eigenvalue weighted by Gasteiger charge is 2.53. The van der Waals surface area contributed by atoms with Crippen molar-refractivity contribution in [3.8, 4) is 11.5 Å². The van der Waals surface area contributed by atoms with Gasteiger partial charge in [0.2, 0.25) is 0 Å². The monoisotopic (exact) mass is 427 g/mol. The van der Waals surface area contributed by atoms with Gasteiger partial charge in [0.15, 0.2) is 5.60 Å². The SMILES string of the molecule is CCN(CC)c1ccc2c(c1)Oc1cc(C(C)(C)C)ccc1C21OC(=O)c2ccccc21. The molecule has 0 radical (unpaired) electrons. The Hall–Kier alpha value is -3.27. The smallest absolute Gasteiger partial charge is 0.340 e. The standard InChI is InChI=1S/C28H29NO3/c1-6-29(7-2)19-13-15-23-25(17-19)31-24-16-18(27(3,4)5)12-14-22(24)28(23)21-11-9-8-10-20(21)26(30)32-28/h8-17H,6-7H2,1-5H3. The maximum absolute atomic E-state index is 13.0. The first-order chi connectivity index (χ1) is 15.3. The van der Waals surface area contributed by atoms with Gasteiger partial charge in [0.25, 0.3) is 0 Å². The maximum atomic E-state index is 13.0. The fraction of sp³-hybridized carbons (Fsp3) is 0.321. The lowest BCUT2D eigenvalue weighted by Crippen LogP contribution is -2.33. The second-order valence-electron chi connectivity index (χ2n) is 9.53. The number of rotatable bonds is 3. The zero-order chi connectivity index (χ0) is 22.7. The molecule has 0 aromatic heterocycles. The third kappa shape index (κ3) is 2.85. The molecule has 5 rings (SSSR count). The molecule has 0 saturated carbocycles. The zero-order valence-electron chi connectivity index (χ0n) is 19.4. The summed E-state index contributed by atoms with van der Waals surface area (Å²) in [5.74, 6) is 1.18. The van der Waals surface area contributed by atoms with Gasteiger partial charge in [-0.1, -0.05) is 51.1 Å². The number of anilines is 1. The van der Waals surface area contributed by atoms with Crippen LogP contribution < -0.4 is 9.64 Å². The Morgan fingerprint density at radius 1 is 0.844 bits per heavy atom. The molecule has 32 heavy (non-hydrogen) atoms. The quantitative estimate of drug-likeness (QED) is 0.454. The second kappa shape index (κ2) is 7.13. The minimum absolute atomic E-state index is 0.0286. The molecule has 3 aromatic carbocycles. The van der Waals surface area contributed by atoms with Crippen molar-refractivity contribution in [2.24, 2.45) is 0 Å². The van der Waals surface area contributed by atoms with Gasteiger partial charge in [0.1, 0.15) is 11.5 Å². The third-order valence-electron chi connectivity index (χ3n) is 6.69. The summed E-state index contributed by atoms with van der Waals surface area (Å²) in [6.07, 6.45) is 0. The molecule has 0 amide bonds. The lowest BCUT2D eigenvalue weighted by atomic mass is 9.76. The van der Waals surface area contributed by atoms with Crippen molar-refractivity contribution in [1.82, 2.24) is 0 Å². The van der Waals surface area contributed by atoms with Crippen LogP contribution in [0.25, 0.3) is 0 Å². The van der Waals surface area contributed by atoms with Crippen LogP contribution in [0.5, 0.6) is 11.5 Å². The number of nitrogens with zero attached hydrogens (tertiary/aromatic N) is 1. The zero-order valence-corrected chi connectivity index (χ0v) is 19.4. The van der Waals surface area contributed by atoms with Gasteiger partial charge in [-0.15, -0.1) is 0 Å². The van der Waals surface area contributed by atoms with Gasteiger partial charge in [-0.05, 0) is 49.1 Å². The van der Waals surface area contributed by atoms with E-state index in [1.54, 1.807) is 0 Å². The molecule has 1 spiro atoms.